The van der Waals surface area contributed by atoms with E-state index in [1.807, 2.05) is 0 Å². The summed E-state index contributed by atoms with van der Waals surface area (Å²) in [5, 5.41) is 18.4. The van der Waals surface area contributed by atoms with E-state index in [-0.39, 0.29) is 16.2 Å². The highest BCUT2D eigenvalue weighted by Crippen LogP contribution is 2.20. The molecule has 0 amide bonds. The standard InChI is InChI=1S/C16H14O5S/c1-22(20,21)13-7-4-11(5-8-13)2-3-12-6-9-15(17)14(10-12)16(18)19/h2-10,17H,1H3,(H,18,19). The minimum Gasteiger partial charge on any atom is -0.507 e. The average molecular weight is 318 g/mol. The van der Waals surface area contributed by atoms with E-state index < -0.39 is 15.8 Å². The highest BCUT2D eigenvalue weighted by atomic mass is 32.2. The van der Waals surface area contributed by atoms with Crippen molar-refractivity contribution in [2.24, 2.45) is 0 Å². The lowest BCUT2D eigenvalue weighted by Gasteiger charge is -2.01. The molecule has 0 saturated carbocycles. The van der Waals surface area contributed by atoms with E-state index in [2.05, 4.69) is 0 Å². The number of phenols is 1. The van der Waals surface area contributed by atoms with E-state index in [1.165, 1.54) is 24.3 Å². The maximum Gasteiger partial charge on any atom is 0.339 e. The molecule has 6 heteroatoms. The predicted molar refractivity (Wildman–Crippen MR) is 83.5 cm³/mol. The van der Waals surface area contributed by atoms with Crippen molar-refractivity contribution in [2.45, 2.75) is 4.90 Å². The van der Waals surface area contributed by atoms with Crippen molar-refractivity contribution in [1.82, 2.24) is 0 Å². The zero-order chi connectivity index (χ0) is 16.3. The fourth-order valence-corrected chi connectivity index (χ4v) is 2.48. The monoisotopic (exact) mass is 318 g/mol. The minimum absolute atomic E-state index is 0.172. The lowest BCUT2D eigenvalue weighted by atomic mass is 10.1. The molecular formula is C16H14O5S. The number of aromatic carboxylic acids is 1. The molecule has 0 spiro atoms. The first-order valence-corrected chi connectivity index (χ1v) is 8.21. The lowest BCUT2D eigenvalue weighted by molar-refractivity contribution is 0.0693. The van der Waals surface area contributed by atoms with Crippen LogP contribution in [0.4, 0.5) is 0 Å². The van der Waals surface area contributed by atoms with Gasteiger partial charge in [0.1, 0.15) is 11.3 Å². The maximum atomic E-state index is 11.4. The van der Waals surface area contributed by atoms with Crippen molar-refractivity contribution < 1.29 is 23.4 Å². The first-order chi connectivity index (χ1) is 10.3. The van der Waals surface area contributed by atoms with Crippen molar-refractivity contribution in [3.8, 4) is 5.75 Å². The summed E-state index contributed by atoms with van der Waals surface area (Å²) in [5.74, 6) is -1.49. The molecule has 0 aliphatic carbocycles. The van der Waals surface area contributed by atoms with Gasteiger partial charge in [0, 0.05) is 6.26 Å². The molecule has 0 fully saturated rings. The molecule has 0 aliphatic rings. The van der Waals surface area contributed by atoms with Crippen LogP contribution in [0.5, 0.6) is 5.75 Å². The molecule has 22 heavy (non-hydrogen) atoms. The van der Waals surface area contributed by atoms with Gasteiger partial charge < -0.3 is 10.2 Å². The van der Waals surface area contributed by atoms with Crippen LogP contribution in [0, 0.1) is 0 Å². The number of carbonyl (C=O) groups is 1. The van der Waals surface area contributed by atoms with Gasteiger partial charge in [-0.05, 0) is 35.4 Å². The van der Waals surface area contributed by atoms with E-state index in [1.54, 1.807) is 30.4 Å². The largest absolute Gasteiger partial charge is 0.507 e. The van der Waals surface area contributed by atoms with E-state index in [4.69, 9.17) is 5.11 Å². The first-order valence-electron chi connectivity index (χ1n) is 6.32. The molecule has 0 aliphatic heterocycles. The normalized spacial score (nSPS) is 11.7. The van der Waals surface area contributed by atoms with E-state index >= 15 is 0 Å². The number of hydrogen-bond acceptors (Lipinski definition) is 4. The van der Waals surface area contributed by atoms with Gasteiger partial charge in [-0.1, -0.05) is 30.4 Å². The second-order valence-electron chi connectivity index (χ2n) is 4.76. The minimum atomic E-state index is -3.22. The van der Waals surface area contributed by atoms with Crippen LogP contribution in [0.3, 0.4) is 0 Å². The molecule has 114 valence electrons. The van der Waals surface area contributed by atoms with E-state index in [9.17, 15) is 18.3 Å². The number of carboxylic acid groups (broad SMARTS) is 1. The molecule has 0 bridgehead atoms. The summed E-state index contributed by atoms with van der Waals surface area (Å²) in [4.78, 5) is 11.2. The van der Waals surface area contributed by atoms with E-state index in [0.29, 0.717) is 5.56 Å². The smallest absolute Gasteiger partial charge is 0.339 e. The zero-order valence-electron chi connectivity index (χ0n) is 11.7. The zero-order valence-corrected chi connectivity index (χ0v) is 12.5. The number of sulfone groups is 1. The highest BCUT2D eigenvalue weighted by Gasteiger charge is 2.09. The Balaban J connectivity index is 2.25. The summed E-state index contributed by atoms with van der Waals surface area (Å²) in [6.07, 6.45) is 4.55. The molecular weight excluding hydrogens is 304 g/mol. The second kappa shape index (κ2) is 6.03. The Kier molecular flexibility index (Phi) is 4.32. The molecule has 2 rings (SSSR count). The van der Waals surface area contributed by atoms with Crippen molar-refractivity contribution in [3.05, 3.63) is 59.2 Å². The fraction of sp³-hybridized carbons (Fsp3) is 0.0625. The fourth-order valence-electron chi connectivity index (χ4n) is 1.85. The molecule has 2 aromatic rings. The third-order valence-electron chi connectivity index (χ3n) is 3.03. The van der Waals surface area contributed by atoms with Crippen LogP contribution in [0.15, 0.2) is 47.4 Å². The topological polar surface area (TPSA) is 91.7 Å². The lowest BCUT2D eigenvalue weighted by Crippen LogP contribution is -1.96. The number of hydrogen-bond donors (Lipinski definition) is 2. The van der Waals surface area contributed by atoms with Crippen molar-refractivity contribution in [3.63, 3.8) is 0 Å². The highest BCUT2D eigenvalue weighted by molar-refractivity contribution is 7.90. The Bertz CT molecular complexity index is 833. The SMILES string of the molecule is CS(=O)(=O)c1ccc(C=Cc2ccc(O)c(C(=O)O)c2)cc1. The summed E-state index contributed by atoms with van der Waals surface area (Å²) in [5.41, 5.74) is 1.22. The molecule has 5 nitrogen and oxygen atoms in total. The van der Waals surface area contributed by atoms with Crippen molar-refractivity contribution >= 4 is 28.0 Å². The second-order valence-corrected chi connectivity index (χ2v) is 6.77. The average Bonchev–Trinajstić information content (AvgIpc) is 2.45. The van der Waals surface area contributed by atoms with Gasteiger partial charge in [-0.25, -0.2) is 13.2 Å². The maximum absolute atomic E-state index is 11.4. The summed E-state index contributed by atoms with van der Waals surface area (Å²) in [6, 6.07) is 10.6. The third-order valence-corrected chi connectivity index (χ3v) is 4.16. The predicted octanol–water partition coefficient (Wildman–Crippen LogP) is 2.66. The molecule has 2 aromatic carbocycles. The summed E-state index contributed by atoms with van der Waals surface area (Å²) in [7, 11) is -3.22. The van der Waals surface area contributed by atoms with Crippen LogP contribution in [-0.4, -0.2) is 30.9 Å². The number of rotatable bonds is 4. The third kappa shape index (κ3) is 3.73. The Labute approximate surface area is 128 Å². The van der Waals surface area contributed by atoms with Crippen molar-refractivity contribution in [1.29, 1.82) is 0 Å². The van der Waals surface area contributed by atoms with Gasteiger partial charge >= 0.3 is 5.97 Å². The molecule has 0 aromatic heterocycles. The van der Waals surface area contributed by atoms with Gasteiger partial charge in [0.05, 0.1) is 4.90 Å². The van der Waals surface area contributed by atoms with Gasteiger partial charge in [0.2, 0.25) is 0 Å². The van der Waals surface area contributed by atoms with Crippen LogP contribution in [0.25, 0.3) is 12.2 Å². The van der Waals surface area contributed by atoms with Crippen LogP contribution in [0.1, 0.15) is 21.5 Å². The Morgan fingerprint density at radius 1 is 1.00 bits per heavy atom. The van der Waals surface area contributed by atoms with Gasteiger partial charge in [-0.15, -0.1) is 0 Å². The summed E-state index contributed by atoms with van der Waals surface area (Å²) >= 11 is 0. The number of aromatic hydroxyl groups is 1. The molecule has 0 unspecified atom stereocenters. The molecule has 0 heterocycles. The number of benzene rings is 2. The van der Waals surface area contributed by atoms with Crippen LogP contribution in [-0.2, 0) is 9.84 Å². The van der Waals surface area contributed by atoms with Gasteiger partial charge in [0.15, 0.2) is 9.84 Å². The Morgan fingerprint density at radius 3 is 2.09 bits per heavy atom. The van der Waals surface area contributed by atoms with Crippen LogP contribution >= 0.6 is 0 Å². The summed E-state index contributed by atoms with van der Waals surface area (Å²) < 4.78 is 22.7. The van der Waals surface area contributed by atoms with Gasteiger partial charge in [0.25, 0.3) is 0 Å². The van der Waals surface area contributed by atoms with Crippen LogP contribution in [0.2, 0.25) is 0 Å². The number of carboxylic acids is 1. The van der Waals surface area contributed by atoms with Crippen LogP contribution < -0.4 is 0 Å². The Morgan fingerprint density at radius 2 is 1.55 bits per heavy atom. The van der Waals surface area contributed by atoms with Crippen molar-refractivity contribution in [2.75, 3.05) is 6.26 Å². The quantitative estimate of drug-likeness (QED) is 0.846. The molecule has 0 radical (unpaired) electrons. The Hall–Kier alpha value is -2.60. The van der Waals surface area contributed by atoms with Gasteiger partial charge in [-0.2, -0.15) is 0 Å². The molecule has 0 saturated heterocycles. The summed E-state index contributed by atoms with van der Waals surface area (Å²) in [6.45, 7) is 0. The first kappa shape index (κ1) is 15.8. The molecule has 2 N–H and O–H groups in total. The van der Waals surface area contributed by atoms with Gasteiger partial charge in [-0.3, -0.25) is 0 Å². The van der Waals surface area contributed by atoms with E-state index in [0.717, 1.165) is 11.8 Å². The molecule has 0 atom stereocenters.